The van der Waals surface area contributed by atoms with E-state index in [1.807, 2.05) is 6.92 Å². The minimum atomic E-state index is -1.14. The molecule has 1 fully saturated rings. The van der Waals surface area contributed by atoms with Gasteiger partial charge in [0.05, 0.1) is 6.54 Å². The Kier molecular flexibility index (Phi) is 4.29. The summed E-state index contributed by atoms with van der Waals surface area (Å²) in [5, 5.41) is 14.7. The van der Waals surface area contributed by atoms with Crippen molar-refractivity contribution in [2.24, 2.45) is 0 Å². The second-order valence-corrected chi connectivity index (χ2v) is 4.59. The molecule has 1 rings (SSSR count). The lowest BCUT2D eigenvalue weighted by Crippen LogP contribution is -2.54. The first-order valence-electron chi connectivity index (χ1n) is 5.75. The minimum Gasteiger partial charge on any atom is -0.480 e. The molecule has 0 aromatic heterocycles. The van der Waals surface area contributed by atoms with E-state index in [-0.39, 0.29) is 12.5 Å². The molecule has 1 aliphatic rings. The molecule has 5 heteroatoms. The predicted octanol–water partition coefficient (Wildman–Crippen LogP) is 0.498. The van der Waals surface area contributed by atoms with Crippen molar-refractivity contribution in [1.82, 2.24) is 10.6 Å². The molecule has 1 amide bonds. The summed E-state index contributed by atoms with van der Waals surface area (Å²) in [7, 11) is 0. The Morgan fingerprint density at radius 3 is 2.50 bits per heavy atom. The Morgan fingerprint density at radius 2 is 2.06 bits per heavy atom. The highest BCUT2D eigenvalue weighted by Gasteiger charge is 2.33. The molecule has 1 unspecified atom stereocenters. The molecule has 0 aromatic carbocycles. The molecule has 0 radical (unpaired) electrons. The minimum absolute atomic E-state index is 0.206. The van der Waals surface area contributed by atoms with Gasteiger partial charge in [0.1, 0.15) is 5.54 Å². The first kappa shape index (κ1) is 13.0. The molecule has 5 nitrogen and oxygen atoms in total. The van der Waals surface area contributed by atoms with Gasteiger partial charge >= 0.3 is 5.97 Å². The molecule has 0 bridgehead atoms. The van der Waals surface area contributed by atoms with Gasteiger partial charge < -0.3 is 15.7 Å². The smallest absolute Gasteiger partial charge is 0.329 e. The molecular formula is C11H20N2O3. The van der Waals surface area contributed by atoms with E-state index >= 15 is 0 Å². The second-order valence-electron chi connectivity index (χ2n) is 4.59. The summed E-state index contributed by atoms with van der Waals surface area (Å²) in [5.74, 6) is -1.22. The van der Waals surface area contributed by atoms with Crippen molar-refractivity contribution in [3.05, 3.63) is 0 Å². The number of carbonyl (C=O) groups is 2. The van der Waals surface area contributed by atoms with Crippen molar-refractivity contribution in [2.75, 3.05) is 6.54 Å². The van der Waals surface area contributed by atoms with Crippen LogP contribution in [0.2, 0.25) is 0 Å². The lowest BCUT2D eigenvalue weighted by atomic mass is 9.96. The van der Waals surface area contributed by atoms with Crippen LogP contribution < -0.4 is 10.6 Å². The summed E-state index contributed by atoms with van der Waals surface area (Å²) < 4.78 is 0. The fourth-order valence-electron chi connectivity index (χ4n) is 1.60. The van der Waals surface area contributed by atoms with Crippen LogP contribution in [0.25, 0.3) is 0 Å². The summed E-state index contributed by atoms with van der Waals surface area (Å²) in [6, 6.07) is 0.452. The normalized spacial score (nSPS) is 18.9. The number of rotatable bonds is 7. The van der Waals surface area contributed by atoms with Crippen LogP contribution in [0.15, 0.2) is 0 Å². The van der Waals surface area contributed by atoms with Crippen LogP contribution in [0.4, 0.5) is 0 Å². The Hall–Kier alpha value is -1.10. The van der Waals surface area contributed by atoms with Crippen LogP contribution >= 0.6 is 0 Å². The van der Waals surface area contributed by atoms with Gasteiger partial charge in [-0.2, -0.15) is 0 Å². The van der Waals surface area contributed by atoms with Crippen molar-refractivity contribution in [1.29, 1.82) is 0 Å². The molecule has 0 aromatic rings. The predicted molar refractivity (Wildman–Crippen MR) is 60.1 cm³/mol. The van der Waals surface area contributed by atoms with Gasteiger partial charge in [-0.25, -0.2) is 4.79 Å². The maximum Gasteiger partial charge on any atom is 0.329 e. The van der Waals surface area contributed by atoms with Gasteiger partial charge in [0, 0.05) is 6.04 Å². The van der Waals surface area contributed by atoms with E-state index in [9.17, 15) is 9.59 Å². The van der Waals surface area contributed by atoms with Crippen molar-refractivity contribution < 1.29 is 14.7 Å². The van der Waals surface area contributed by atoms with E-state index in [2.05, 4.69) is 10.6 Å². The largest absolute Gasteiger partial charge is 0.480 e. The number of aliphatic carboxylic acids is 1. The molecule has 92 valence electrons. The number of carboxylic acid groups (broad SMARTS) is 1. The highest BCUT2D eigenvalue weighted by Crippen LogP contribution is 2.18. The Bertz CT molecular complexity index is 276. The fourth-order valence-corrected chi connectivity index (χ4v) is 1.60. The summed E-state index contributed by atoms with van der Waals surface area (Å²) in [6.45, 7) is 3.65. The average Bonchev–Trinajstić information content (AvgIpc) is 2.98. The molecule has 1 aliphatic carbocycles. The van der Waals surface area contributed by atoms with Gasteiger partial charge in [-0.05, 0) is 26.2 Å². The van der Waals surface area contributed by atoms with E-state index in [4.69, 9.17) is 5.11 Å². The first-order valence-corrected chi connectivity index (χ1v) is 5.75. The van der Waals surface area contributed by atoms with Crippen molar-refractivity contribution in [3.8, 4) is 0 Å². The molecule has 0 heterocycles. The maximum atomic E-state index is 11.5. The van der Waals surface area contributed by atoms with E-state index in [0.29, 0.717) is 12.5 Å². The average molecular weight is 228 g/mol. The lowest BCUT2D eigenvalue weighted by Gasteiger charge is -2.25. The van der Waals surface area contributed by atoms with Gasteiger partial charge in [0.15, 0.2) is 0 Å². The number of amides is 1. The SMILES string of the molecule is CCCC(C)(NC(=O)CNC1CC1)C(=O)O. The van der Waals surface area contributed by atoms with Crippen molar-refractivity contribution >= 4 is 11.9 Å². The Labute approximate surface area is 95.6 Å². The maximum absolute atomic E-state index is 11.5. The van der Waals surface area contributed by atoms with Gasteiger partial charge in [-0.15, -0.1) is 0 Å². The highest BCUT2D eigenvalue weighted by atomic mass is 16.4. The third-order valence-corrected chi connectivity index (χ3v) is 2.77. The van der Waals surface area contributed by atoms with Crippen LogP contribution in [0.1, 0.15) is 39.5 Å². The second kappa shape index (κ2) is 5.30. The number of carboxylic acids is 1. The summed E-state index contributed by atoms with van der Waals surface area (Å²) in [4.78, 5) is 22.6. The summed E-state index contributed by atoms with van der Waals surface area (Å²) in [5.41, 5.74) is -1.14. The molecule has 1 atom stereocenters. The molecule has 0 spiro atoms. The first-order chi connectivity index (χ1) is 7.48. The molecule has 16 heavy (non-hydrogen) atoms. The molecule has 1 saturated carbocycles. The number of nitrogens with one attached hydrogen (secondary N) is 2. The Morgan fingerprint density at radius 1 is 1.44 bits per heavy atom. The van der Waals surface area contributed by atoms with Crippen LogP contribution in [-0.4, -0.2) is 35.1 Å². The summed E-state index contributed by atoms with van der Waals surface area (Å²) in [6.07, 6.45) is 3.38. The lowest BCUT2D eigenvalue weighted by molar-refractivity contribution is -0.147. The van der Waals surface area contributed by atoms with Gasteiger partial charge in [0.2, 0.25) is 5.91 Å². The van der Waals surface area contributed by atoms with Gasteiger partial charge in [-0.3, -0.25) is 4.79 Å². The number of hydrogen-bond acceptors (Lipinski definition) is 3. The van der Waals surface area contributed by atoms with Crippen LogP contribution in [-0.2, 0) is 9.59 Å². The quantitative estimate of drug-likeness (QED) is 0.593. The highest BCUT2D eigenvalue weighted by molar-refractivity contribution is 5.87. The third kappa shape index (κ3) is 3.81. The fraction of sp³-hybridized carbons (Fsp3) is 0.818. The zero-order valence-corrected chi connectivity index (χ0v) is 9.88. The zero-order valence-electron chi connectivity index (χ0n) is 9.88. The zero-order chi connectivity index (χ0) is 12.2. The van der Waals surface area contributed by atoms with Crippen LogP contribution in [0.5, 0.6) is 0 Å². The van der Waals surface area contributed by atoms with Crippen molar-refractivity contribution in [3.63, 3.8) is 0 Å². The molecule has 0 saturated heterocycles. The number of carbonyl (C=O) groups excluding carboxylic acids is 1. The van der Waals surface area contributed by atoms with Gasteiger partial charge in [-0.1, -0.05) is 13.3 Å². The standard InChI is InChI=1S/C11H20N2O3/c1-3-6-11(2,10(15)16)13-9(14)7-12-8-4-5-8/h8,12H,3-7H2,1-2H3,(H,13,14)(H,15,16). The molecule has 3 N–H and O–H groups in total. The number of hydrogen-bond donors (Lipinski definition) is 3. The Balaban J connectivity index is 2.39. The molecule has 0 aliphatic heterocycles. The van der Waals surface area contributed by atoms with E-state index < -0.39 is 11.5 Å². The van der Waals surface area contributed by atoms with Crippen LogP contribution in [0, 0.1) is 0 Å². The van der Waals surface area contributed by atoms with E-state index in [1.165, 1.54) is 0 Å². The molecular weight excluding hydrogens is 208 g/mol. The van der Waals surface area contributed by atoms with E-state index in [1.54, 1.807) is 6.92 Å². The van der Waals surface area contributed by atoms with Crippen LogP contribution in [0.3, 0.4) is 0 Å². The topological polar surface area (TPSA) is 78.4 Å². The van der Waals surface area contributed by atoms with Crippen molar-refractivity contribution in [2.45, 2.75) is 51.1 Å². The monoisotopic (exact) mass is 228 g/mol. The van der Waals surface area contributed by atoms with E-state index in [0.717, 1.165) is 19.3 Å². The summed E-state index contributed by atoms with van der Waals surface area (Å²) >= 11 is 0. The third-order valence-electron chi connectivity index (χ3n) is 2.77. The van der Waals surface area contributed by atoms with Gasteiger partial charge in [0.25, 0.3) is 0 Å².